The van der Waals surface area contributed by atoms with Gasteiger partial charge in [-0.25, -0.2) is 0 Å². The van der Waals surface area contributed by atoms with Crippen LogP contribution < -0.4 is 5.32 Å². The lowest BCUT2D eigenvalue weighted by Gasteiger charge is -2.25. The van der Waals surface area contributed by atoms with E-state index >= 15 is 0 Å². The number of hydrogen-bond acceptors (Lipinski definition) is 6. The number of aliphatic hydroxyl groups is 4. The highest BCUT2D eigenvalue weighted by molar-refractivity contribution is 5.89. The average molecular weight is 233 g/mol. The minimum atomic E-state index is -1.75. The summed E-state index contributed by atoms with van der Waals surface area (Å²) in [6, 6.07) is -1.39. The van der Waals surface area contributed by atoms with Gasteiger partial charge in [0.25, 0.3) is 0 Å². The number of rotatable bonds is 7. The van der Waals surface area contributed by atoms with Crippen LogP contribution >= 0.6 is 0 Å². The van der Waals surface area contributed by atoms with Gasteiger partial charge in [0.15, 0.2) is 0 Å². The zero-order chi connectivity index (χ0) is 12.7. The summed E-state index contributed by atoms with van der Waals surface area (Å²) < 4.78 is 0. The Kier molecular flexibility index (Phi) is 6.50. The van der Waals surface area contributed by atoms with Crippen molar-refractivity contribution in [2.24, 2.45) is 0 Å². The van der Waals surface area contributed by atoms with Crippen molar-refractivity contribution < 1.29 is 30.0 Å². The smallest absolute Gasteiger partial charge is 0.244 e. The molecule has 0 rings (SSSR count). The molecule has 92 valence electrons. The topological polar surface area (TPSA) is 127 Å². The minimum absolute atomic E-state index is 0.208. The second-order valence-corrected chi connectivity index (χ2v) is 3.11. The fraction of sp³-hybridized carbons (Fsp3) is 0.556. The van der Waals surface area contributed by atoms with Crippen LogP contribution in [-0.2, 0) is 9.59 Å². The van der Waals surface area contributed by atoms with Gasteiger partial charge < -0.3 is 30.5 Å². The fourth-order valence-corrected chi connectivity index (χ4v) is 0.971. The Labute approximate surface area is 92.0 Å². The van der Waals surface area contributed by atoms with Gasteiger partial charge in [-0.2, -0.15) is 0 Å². The van der Waals surface area contributed by atoms with Gasteiger partial charge in [0.1, 0.15) is 30.6 Å². The maximum absolute atomic E-state index is 10.9. The maximum atomic E-state index is 10.9. The molecule has 0 unspecified atom stereocenters. The summed E-state index contributed by atoms with van der Waals surface area (Å²) in [6.45, 7) is 2.36. The second kappa shape index (κ2) is 7.07. The zero-order valence-electron chi connectivity index (χ0n) is 8.48. The van der Waals surface area contributed by atoms with Gasteiger partial charge in [0.2, 0.25) is 5.91 Å². The van der Waals surface area contributed by atoms with Gasteiger partial charge in [-0.05, 0) is 6.08 Å². The largest absolute Gasteiger partial charge is 0.394 e. The molecule has 16 heavy (non-hydrogen) atoms. The van der Waals surface area contributed by atoms with Crippen molar-refractivity contribution >= 4 is 12.2 Å². The summed E-state index contributed by atoms with van der Waals surface area (Å²) in [5.74, 6) is -0.707. The van der Waals surface area contributed by atoms with Crippen LogP contribution in [0.15, 0.2) is 12.7 Å². The SMILES string of the molecule is C=CC(=O)N[C@@H](C=O)[C@@H](O)[C@H](O)[C@H](O)CO. The molecule has 4 atom stereocenters. The number of amides is 1. The van der Waals surface area contributed by atoms with Crippen LogP contribution in [0.2, 0.25) is 0 Å². The molecule has 0 aromatic carbocycles. The standard InChI is InChI=1S/C9H15NO6/c1-2-7(14)10-5(3-11)8(15)9(16)6(13)4-12/h2-3,5-6,8-9,12-13,15-16H,1,4H2,(H,10,14)/t5-,6+,8+,9+/m0/s1. The zero-order valence-corrected chi connectivity index (χ0v) is 8.48. The monoisotopic (exact) mass is 233 g/mol. The lowest BCUT2D eigenvalue weighted by Crippen LogP contribution is -2.53. The van der Waals surface area contributed by atoms with Crippen molar-refractivity contribution in [3.8, 4) is 0 Å². The summed E-state index contributed by atoms with van der Waals surface area (Å²) in [5, 5.41) is 38.3. The molecule has 0 aliphatic heterocycles. The van der Waals surface area contributed by atoms with Crippen molar-refractivity contribution in [2.75, 3.05) is 6.61 Å². The Morgan fingerprint density at radius 2 is 1.88 bits per heavy atom. The molecule has 0 radical (unpaired) electrons. The highest BCUT2D eigenvalue weighted by atomic mass is 16.4. The number of carbonyl (C=O) groups excluding carboxylic acids is 2. The highest BCUT2D eigenvalue weighted by Crippen LogP contribution is 2.03. The summed E-state index contributed by atoms with van der Waals surface area (Å²) in [6.07, 6.45) is -3.97. The summed E-state index contributed by atoms with van der Waals surface area (Å²) >= 11 is 0. The van der Waals surface area contributed by atoms with Gasteiger partial charge in [-0.3, -0.25) is 4.79 Å². The molecule has 0 spiro atoms. The lowest BCUT2D eigenvalue weighted by molar-refractivity contribution is -0.128. The van der Waals surface area contributed by atoms with E-state index in [4.69, 9.17) is 10.2 Å². The number of nitrogens with one attached hydrogen (secondary N) is 1. The predicted octanol–water partition coefficient (Wildman–Crippen LogP) is -3.07. The molecule has 0 aliphatic rings. The third-order valence-corrected chi connectivity index (χ3v) is 1.94. The van der Waals surface area contributed by atoms with E-state index < -0.39 is 36.9 Å². The molecule has 7 nitrogen and oxygen atoms in total. The summed E-state index contributed by atoms with van der Waals surface area (Å²) in [5.41, 5.74) is 0. The molecule has 0 aromatic heterocycles. The predicted molar refractivity (Wildman–Crippen MR) is 53.3 cm³/mol. The Bertz CT molecular complexity index is 256. The first-order chi connectivity index (χ1) is 7.47. The Morgan fingerprint density at radius 1 is 1.31 bits per heavy atom. The molecule has 0 bridgehead atoms. The molecular formula is C9H15NO6. The van der Waals surface area contributed by atoms with E-state index in [0.29, 0.717) is 0 Å². The molecule has 0 aromatic rings. The number of hydrogen-bond donors (Lipinski definition) is 5. The molecule has 0 heterocycles. The van der Waals surface area contributed by atoms with Crippen molar-refractivity contribution in [2.45, 2.75) is 24.4 Å². The van der Waals surface area contributed by atoms with E-state index in [-0.39, 0.29) is 6.29 Å². The fourth-order valence-electron chi connectivity index (χ4n) is 0.971. The number of aldehydes is 1. The Balaban J connectivity index is 4.51. The van der Waals surface area contributed by atoms with Crippen LogP contribution in [0.4, 0.5) is 0 Å². The molecule has 0 saturated carbocycles. The number of carbonyl (C=O) groups is 2. The van der Waals surface area contributed by atoms with Gasteiger partial charge in [0.05, 0.1) is 6.61 Å². The van der Waals surface area contributed by atoms with Crippen molar-refractivity contribution in [3.63, 3.8) is 0 Å². The molecule has 0 fully saturated rings. The molecular weight excluding hydrogens is 218 g/mol. The molecule has 0 saturated heterocycles. The van der Waals surface area contributed by atoms with Crippen molar-refractivity contribution in [1.29, 1.82) is 0 Å². The van der Waals surface area contributed by atoms with E-state index in [0.717, 1.165) is 6.08 Å². The van der Waals surface area contributed by atoms with E-state index in [9.17, 15) is 19.8 Å². The van der Waals surface area contributed by atoms with E-state index in [2.05, 4.69) is 6.58 Å². The average Bonchev–Trinajstić information content (AvgIpc) is 2.32. The quantitative estimate of drug-likeness (QED) is 0.234. The third-order valence-electron chi connectivity index (χ3n) is 1.94. The normalized spacial score (nSPS) is 18.0. The molecule has 5 N–H and O–H groups in total. The van der Waals surface area contributed by atoms with Crippen LogP contribution in [0.25, 0.3) is 0 Å². The van der Waals surface area contributed by atoms with Crippen molar-refractivity contribution in [3.05, 3.63) is 12.7 Å². The van der Waals surface area contributed by atoms with Crippen LogP contribution in [0.5, 0.6) is 0 Å². The van der Waals surface area contributed by atoms with E-state index in [1.807, 2.05) is 5.32 Å². The Hall–Kier alpha value is -1.28. The minimum Gasteiger partial charge on any atom is -0.394 e. The first kappa shape index (κ1) is 14.7. The van der Waals surface area contributed by atoms with Crippen LogP contribution in [0, 0.1) is 0 Å². The van der Waals surface area contributed by atoms with E-state index in [1.165, 1.54) is 0 Å². The lowest BCUT2D eigenvalue weighted by atomic mass is 10.0. The third kappa shape index (κ3) is 4.07. The maximum Gasteiger partial charge on any atom is 0.244 e. The van der Waals surface area contributed by atoms with Gasteiger partial charge >= 0.3 is 0 Å². The van der Waals surface area contributed by atoms with Crippen LogP contribution in [0.3, 0.4) is 0 Å². The second-order valence-electron chi connectivity index (χ2n) is 3.11. The molecule has 1 amide bonds. The van der Waals surface area contributed by atoms with E-state index in [1.54, 1.807) is 0 Å². The van der Waals surface area contributed by atoms with Gasteiger partial charge in [-0.1, -0.05) is 6.58 Å². The summed E-state index contributed by atoms with van der Waals surface area (Å²) in [4.78, 5) is 21.4. The number of aliphatic hydroxyl groups excluding tert-OH is 4. The molecule has 0 aliphatic carbocycles. The Morgan fingerprint density at radius 3 is 2.25 bits per heavy atom. The highest BCUT2D eigenvalue weighted by Gasteiger charge is 2.31. The van der Waals surface area contributed by atoms with Gasteiger partial charge in [0, 0.05) is 0 Å². The molecule has 7 heteroatoms. The van der Waals surface area contributed by atoms with Crippen LogP contribution in [-0.4, -0.2) is 63.6 Å². The van der Waals surface area contributed by atoms with Crippen molar-refractivity contribution in [1.82, 2.24) is 5.32 Å². The summed E-state index contributed by atoms with van der Waals surface area (Å²) in [7, 11) is 0. The van der Waals surface area contributed by atoms with Crippen LogP contribution in [0.1, 0.15) is 0 Å². The first-order valence-electron chi connectivity index (χ1n) is 4.51. The first-order valence-corrected chi connectivity index (χ1v) is 4.51. The van der Waals surface area contributed by atoms with Gasteiger partial charge in [-0.15, -0.1) is 0 Å².